The summed E-state index contributed by atoms with van der Waals surface area (Å²) in [7, 11) is 0. The second kappa shape index (κ2) is 7.00. The molecule has 1 aromatic heterocycles. The van der Waals surface area contributed by atoms with Gasteiger partial charge in [0, 0.05) is 19.6 Å². The fourth-order valence-corrected chi connectivity index (χ4v) is 3.09. The molecule has 1 aromatic carbocycles. The normalized spacial score (nSPS) is 18.6. The number of rotatable bonds is 5. The number of carbonyl (C=O) groups is 1. The van der Waals surface area contributed by atoms with Gasteiger partial charge < -0.3 is 10.1 Å². The van der Waals surface area contributed by atoms with Crippen molar-refractivity contribution in [2.24, 2.45) is 0 Å². The van der Waals surface area contributed by atoms with Crippen LogP contribution in [0.4, 0.5) is 0 Å². The number of fused-ring (bicyclic) bond motifs is 1. The van der Waals surface area contributed by atoms with E-state index in [9.17, 15) is 14.4 Å². The van der Waals surface area contributed by atoms with E-state index in [0.29, 0.717) is 10.9 Å². The largest absolute Gasteiger partial charge is 0.376 e. The fourth-order valence-electron chi connectivity index (χ4n) is 3.09. The highest BCUT2D eigenvalue weighted by molar-refractivity contribution is 5.79. The molecule has 0 unspecified atom stereocenters. The summed E-state index contributed by atoms with van der Waals surface area (Å²) in [6, 6.07) is 6.81. The molecule has 2 heterocycles. The maximum Gasteiger partial charge on any atom is 0.328 e. The molecular weight excluding hydrogens is 310 g/mol. The number of carbonyl (C=O) groups excluding carboxylic acids is 1. The summed E-state index contributed by atoms with van der Waals surface area (Å²) in [6.07, 6.45) is 2.19. The smallest absolute Gasteiger partial charge is 0.328 e. The highest BCUT2D eigenvalue weighted by Crippen LogP contribution is 2.15. The summed E-state index contributed by atoms with van der Waals surface area (Å²) >= 11 is 0. The lowest BCUT2D eigenvalue weighted by atomic mass is 10.1. The Morgan fingerprint density at radius 2 is 2.21 bits per heavy atom. The molecule has 1 fully saturated rings. The van der Waals surface area contributed by atoms with Crippen LogP contribution in [0.2, 0.25) is 0 Å². The first-order valence-corrected chi connectivity index (χ1v) is 8.19. The van der Waals surface area contributed by atoms with E-state index in [1.165, 1.54) is 4.57 Å². The van der Waals surface area contributed by atoms with Crippen molar-refractivity contribution in [3.63, 3.8) is 0 Å². The number of hydrogen-bond acceptors (Lipinski definition) is 4. The van der Waals surface area contributed by atoms with Crippen LogP contribution in [0.5, 0.6) is 0 Å². The SMILES string of the molecule is C[C@H](NC(=O)CCn1c(=O)[nH]c(=O)c2ccccc21)[C@H]1CCCO1. The van der Waals surface area contributed by atoms with Crippen molar-refractivity contribution in [1.82, 2.24) is 14.9 Å². The summed E-state index contributed by atoms with van der Waals surface area (Å²) < 4.78 is 6.98. The van der Waals surface area contributed by atoms with Crippen LogP contribution in [0.1, 0.15) is 26.2 Å². The van der Waals surface area contributed by atoms with Crippen molar-refractivity contribution in [2.75, 3.05) is 6.61 Å². The lowest BCUT2D eigenvalue weighted by molar-refractivity contribution is -0.122. The number of hydrogen-bond donors (Lipinski definition) is 2. The van der Waals surface area contributed by atoms with Crippen LogP contribution in [-0.4, -0.2) is 34.2 Å². The number of nitrogens with one attached hydrogen (secondary N) is 2. The number of amides is 1. The molecule has 3 rings (SSSR count). The monoisotopic (exact) mass is 331 g/mol. The third-order valence-electron chi connectivity index (χ3n) is 4.38. The maximum atomic E-state index is 12.1. The van der Waals surface area contributed by atoms with Crippen molar-refractivity contribution in [3.05, 3.63) is 45.1 Å². The third-order valence-corrected chi connectivity index (χ3v) is 4.38. The number of benzene rings is 1. The Hall–Kier alpha value is -2.41. The maximum absolute atomic E-state index is 12.1. The van der Waals surface area contributed by atoms with E-state index in [2.05, 4.69) is 10.3 Å². The molecule has 128 valence electrons. The van der Waals surface area contributed by atoms with Crippen LogP contribution in [0.25, 0.3) is 10.9 Å². The van der Waals surface area contributed by atoms with Gasteiger partial charge in [0.15, 0.2) is 0 Å². The quantitative estimate of drug-likeness (QED) is 0.846. The molecule has 7 nitrogen and oxygen atoms in total. The van der Waals surface area contributed by atoms with Crippen molar-refractivity contribution in [3.8, 4) is 0 Å². The Balaban J connectivity index is 1.70. The predicted molar refractivity (Wildman–Crippen MR) is 90.0 cm³/mol. The van der Waals surface area contributed by atoms with Crippen LogP contribution in [-0.2, 0) is 16.1 Å². The molecule has 1 saturated heterocycles. The Morgan fingerprint density at radius 1 is 1.42 bits per heavy atom. The summed E-state index contributed by atoms with van der Waals surface area (Å²) in [5.41, 5.74) is -0.381. The molecule has 2 aromatic rings. The van der Waals surface area contributed by atoms with Crippen molar-refractivity contribution >= 4 is 16.8 Å². The number of nitrogens with zero attached hydrogens (tertiary/aromatic N) is 1. The first kappa shape index (κ1) is 16.4. The van der Waals surface area contributed by atoms with E-state index in [1.807, 2.05) is 6.92 Å². The van der Waals surface area contributed by atoms with Crippen molar-refractivity contribution < 1.29 is 9.53 Å². The van der Waals surface area contributed by atoms with E-state index >= 15 is 0 Å². The number of aryl methyl sites for hydroxylation is 1. The van der Waals surface area contributed by atoms with E-state index in [0.717, 1.165) is 19.4 Å². The van der Waals surface area contributed by atoms with Gasteiger partial charge in [-0.2, -0.15) is 0 Å². The number of aromatic amines is 1. The van der Waals surface area contributed by atoms with Gasteiger partial charge in [-0.15, -0.1) is 0 Å². The van der Waals surface area contributed by atoms with Gasteiger partial charge in [0.05, 0.1) is 23.0 Å². The molecule has 2 atom stereocenters. The lowest BCUT2D eigenvalue weighted by Crippen LogP contribution is -2.41. The summed E-state index contributed by atoms with van der Waals surface area (Å²) in [4.78, 5) is 38.3. The average Bonchev–Trinajstić information content (AvgIpc) is 3.09. The van der Waals surface area contributed by atoms with E-state index in [1.54, 1.807) is 24.3 Å². The van der Waals surface area contributed by atoms with Gasteiger partial charge in [0.1, 0.15) is 0 Å². The van der Waals surface area contributed by atoms with Gasteiger partial charge >= 0.3 is 5.69 Å². The highest BCUT2D eigenvalue weighted by Gasteiger charge is 2.23. The standard InChI is InChI=1S/C17H21N3O4/c1-11(14-7-4-10-24-14)18-15(21)8-9-20-13-6-3-2-5-12(13)16(22)19-17(20)23/h2-3,5-6,11,14H,4,7-10H2,1H3,(H,18,21)(H,19,22,23)/t11-,14+/m0/s1. The fraction of sp³-hybridized carbons (Fsp3) is 0.471. The number of ether oxygens (including phenoxy) is 1. The molecule has 2 N–H and O–H groups in total. The zero-order chi connectivity index (χ0) is 17.1. The molecule has 0 spiro atoms. The second-order valence-electron chi connectivity index (χ2n) is 6.09. The van der Waals surface area contributed by atoms with Crippen LogP contribution in [0.3, 0.4) is 0 Å². The average molecular weight is 331 g/mol. The minimum absolute atomic E-state index is 0.0518. The zero-order valence-corrected chi connectivity index (χ0v) is 13.6. The Kier molecular flexibility index (Phi) is 4.80. The van der Waals surface area contributed by atoms with Crippen molar-refractivity contribution in [2.45, 2.75) is 44.9 Å². The molecule has 0 radical (unpaired) electrons. The molecule has 1 aliphatic rings. The van der Waals surface area contributed by atoms with E-state index < -0.39 is 11.2 Å². The third kappa shape index (κ3) is 3.41. The Morgan fingerprint density at radius 3 is 2.96 bits per heavy atom. The van der Waals surface area contributed by atoms with Gasteiger partial charge in [-0.1, -0.05) is 12.1 Å². The highest BCUT2D eigenvalue weighted by atomic mass is 16.5. The molecule has 0 bridgehead atoms. The van der Waals surface area contributed by atoms with Crippen LogP contribution in [0, 0.1) is 0 Å². The second-order valence-corrected chi connectivity index (χ2v) is 6.09. The van der Waals surface area contributed by atoms with Gasteiger partial charge in [-0.05, 0) is 31.9 Å². The van der Waals surface area contributed by atoms with Crippen LogP contribution >= 0.6 is 0 Å². The van der Waals surface area contributed by atoms with Crippen LogP contribution < -0.4 is 16.6 Å². The van der Waals surface area contributed by atoms with Gasteiger partial charge in [-0.3, -0.25) is 19.1 Å². The lowest BCUT2D eigenvalue weighted by Gasteiger charge is -2.20. The summed E-state index contributed by atoms with van der Waals surface area (Å²) in [5, 5.41) is 3.36. The van der Waals surface area contributed by atoms with E-state index in [4.69, 9.17) is 4.74 Å². The predicted octanol–water partition coefficient (Wildman–Crippen LogP) is 0.764. The summed E-state index contributed by atoms with van der Waals surface area (Å²) in [6.45, 7) is 2.87. The molecule has 7 heteroatoms. The molecular formula is C17H21N3O4. The molecule has 0 aliphatic carbocycles. The van der Waals surface area contributed by atoms with Gasteiger partial charge in [0.2, 0.25) is 5.91 Å². The number of H-pyrrole nitrogens is 1. The molecule has 1 aliphatic heterocycles. The first-order valence-electron chi connectivity index (χ1n) is 8.19. The number of aromatic nitrogens is 2. The first-order chi connectivity index (χ1) is 11.6. The van der Waals surface area contributed by atoms with E-state index in [-0.39, 0.29) is 31.0 Å². The molecule has 1 amide bonds. The minimum Gasteiger partial charge on any atom is -0.376 e. The minimum atomic E-state index is -0.501. The topological polar surface area (TPSA) is 93.2 Å². The molecule has 24 heavy (non-hydrogen) atoms. The van der Waals surface area contributed by atoms with Gasteiger partial charge in [0.25, 0.3) is 5.56 Å². The zero-order valence-electron chi connectivity index (χ0n) is 13.6. The van der Waals surface area contributed by atoms with Crippen LogP contribution in [0.15, 0.2) is 33.9 Å². The summed E-state index contributed by atoms with van der Waals surface area (Å²) in [5.74, 6) is -0.139. The number of para-hydroxylation sites is 1. The van der Waals surface area contributed by atoms with Crippen molar-refractivity contribution in [1.29, 1.82) is 0 Å². The Bertz CT molecular complexity index is 849. The van der Waals surface area contributed by atoms with Gasteiger partial charge in [-0.25, -0.2) is 4.79 Å². The Labute approximate surface area is 138 Å². The molecule has 0 saturated carbocycles.